The first-order valence-electron chi connectivity index (χ1n) is 13.9. The Morgan fingerprint density at radius 2 is 1.67 bits per heavy atom. The maximum absolute atomic E-state index is 13.5. The van der Waals surface area contributed by atoms with Crippen molar-refractivity contribution in [2.24, 2.45) is 17.2 Å². The Hall–Kier alpha value is -3.50. The molecule has 3 rings (SSSR count). The zero-order chi connectivity index (χ0) is 31.9. The van der Waals surface area contributed by atoms with Crippen LogP contribution in [0.4, 0.5) is 18.9 Å². The van der Waals surface area contributed by atoms with Gasteiger partial charge >= 0.3 is 13.3 Å². The Labute approximate surface area is 248 Å². The minimum Gasteiger partial charge on any atom is -0.423 e. The summed E-state index contributed by atoms with van der Waals surface area (Å²) in [5.41, 5.74) is 17.1. The van der Waals surface area contributed by atoms with Crippen LogP contribution in [-0.2, 0) is 37.2 Å². The lowest BCUT2D eigenvalue weighted by Gasteiger charge is -2.23. The molecule has 2 atom stereocenters. The number of hydrogen-bond donors (Lipinski definition) is 6. The van der Waals surface area contributed by atoms with E-state index in [0.717, 1.165) is 12.1 Å². The Balaban J connectivity index is 1.79. The van der Waals surface area contributed by atoms with Crippen LogP contribution in [0.1, 0.15) is 43.4 Å². The van der Waals surface area contributed by atoms with Gasteiger partial charge in [0.1, 0.15) is 6.04 Å². The summed E-state index contributed by atoms with van der Waals surface area (Å²) in [6.07, 6.45) is -4.80. The van der Waals surface area contributed by atoms with Gasteiger partial charge in [-0.25, -0.2) is 0 Å². The Morgan fingerprint density at radius 1 is 1.05 bits per heavy atom. The number of alkyl halides is 3. The number of rotatable bonds is 13. The summed E-state index contributed by atoms with van der Waals surface area (Å²) in [5, 5.41) is 15.8. The summed E-state index contributed by atoms with van der Waals surface area (Å²) in [6, 6.07) is 6.78. The molecule has 9 N–H and O–H groups in total. The molecular formula is C28H38BF3N6O5. The molecule has 0 unspecified atom stereocenters. The smallest absolute Gasteiger partial charge is 0.423 e. The van der Waals surface area contributed by atoms with E-state index in [2.05, 4.69) is 10.6 Å². The van der Waals surface area contributed by atoms with Crippen LogP contribution in [0.5, 0.6) is 0 Å². The standard InChI is InChI=1S/C28H38BF3N6O5/c1-27(2)19-4-3-5-21(24(19)29(42)43-27)36-26(41)22(16-17-6-8-18(9-7-17)28(30,31)32)37-25(40)20(35)10-11-23(39)38(14-12-33)15-13-34/h3-9,20,22,42H,10-16,33-35H2,1-2H3,(H,36,41)(H,37,40)/t20-,22+/m0/s1. The van der Waals surface area contributed by atoms with Crippen molar-refractivity contribution in [3.63, 3.8) is 0 Å². The molecule has 1 heterocycles. The summed E-state index contributed by atoms with van der Waals surface area (Å²) in [5.74, 6) is -1.70. The maximum Gasteiger partial charge on any atom is 0.494 e. The van der Waals surface area contributed by atoms with Gasteiger partial charge in [0.25, 0.3) is 0 Å². The average Bonchev–Trinajstić information content (AvgIpc) is 3.19. The Morgan fingerprint density at radius 3 is 2.26 bits per heavy atom. The zero-order valence-electron chi connectivity index (χ0n) is 24.1. The SMILES string of the molecule is CC1(C)OB(O)c2c(NC(=O)[C@@H](Cc3ccc(C(F)(F)F)cc3)NC(=O)[C@@H](N)CCC(=O)N(CCN)CCN)cccc21. The van der Waals surface area contributed by atoms with Crippen LogP contribution in [0, 0.1) is 0 Å². The van der Waals surface area contributed by atoms with E-state index in [-0.39, 0.29) is 43.9 Å². The number of carbonyl (C=O) groups is 3. The van der Waals surface area contributed by atoms with Gasteiger partial charge < -0.3 is 42.4 Å². The molecule has 2 aromatic carbocycles. The third-order valence-electron chi connectivity index (χ3n) is 7.18. The highest BCUT2D eigenvalue weighted by atomic mass is 19.4. The number of benzene rings is 2. The molecule has 2 aromatic rings. The number of anilines is 1. The number of fused-ring (bicyclic) bond motifs is 1. The van der Waals surface area contributed by atoms with Gasteiger partial charge in [-0.15, -0.1) is 0 Å². The Kier molecular flexibility index (Phi) is 11.3. The van der Waals surface area contributed by atoms with Crippen LogP contribution in [0.2, 0.25) is 0 Å². The van der Waals surface area contributed by atoms with Gasteiger partial charge in [0.05, 0.1) is 17.2 Å². The molecule has 234 valence electrons. The van der Waals surface area contributed by atoms with E-state index in [1.54, 1.807) is 32.0 Å². The second kappa shape index (κ2) is 14.3. The van der Waals surface area contributed by atoms with Crippen molar-refractivity contribution in [1.82, 2.24) is 10.2 Å². The molecule has 0 aromatic heterocycles. The van der Waals surface area contributed by atoms with E-state index in [1.165, 1.54) is 17.0 Å². The number of nitrogens with two attached hydrogens (primary N) is 3. The van der Waals surface area contributed by atoms with Crippen molar-refractivity contribution < 1.29 is 37.2 Å². The molecule has 0 aliphatic carbocycles. The highest BCUT2D eigenvalue weighted by molar-refractivity contribution is 6.64. The molecule has 1 aliphatic heterocycles. The molecule has 0 fully saturated rings. The summed E-state index contributed by atoms with van der Waals surface area (Å²) in [6.45, 7) is 4.60. The molecule has 0 bridgehead atoms. The fourth-order valence-corrected chi connectivity index (χ4v) is 4.88. The molecule has 0 spiro atoms. The summed E-state index contributed by atoms with van der Waals surface area (Å²) < 4.78 is 44.8. The van der Waals surface area contributed by atoms with Gasteiger partial charge in [-0.05, 0) is 49.6 Å². The fraction of sp³-hybridized carbons (Fsp3) is 0.464. The van der Waals surface area contributed by atoms with Crippen molar-refractivity contribution >= 4 is 36.0 Å². The predicted molar refractivity (Wildman–Crippen MR) is 156 cm³/mol. The molecule has 0 saturated heterocycles. The van der Waals surface area contributed by atoms with E-state index >= 15 is 0 Å². The van der Waals surface area contributed by atoms with Crippen molar-refractivity contribution in [3.8, 4) is 0 Å². The summed E-state index contributed by atoms with van der Waals surface area (Å²) in [7, 11) is -1.31. The first-order chi connectivity index (χ1) is 20.2. The van der Waals surface area contributed by atoms with Crippen LogP contribution in [0.25, 0.3) is 0 Å². The molecule has 0 radical (unpaired) electrons. The number of halogens is 3. The van der Waals surface area contributed by atoms with E-state index in [1.807, 2.05) is 0 Å². The number of hydrogen-bond acceptors (Lipinski definition) is 8. The third kappa shape index (κ3) is 8.77. The summed E-state index contributed by atoms with van der Waals surface area (Å²) >= 11 is 0. The monoisotopic (exact) mass is 606 g/mol. The van der Waals surface area contributed by atoms with Gasteiger partial charge in [-0.2, -0.15) is 13.2 Å². The lowest BCUT2D eigenvalue weighted by molar-refractivity contribution is -0.137. The maximum atomic E-state index is 13.5. The van der Waals surface area contributed by atoms with Crippen LogP contribution in [0.3, 0.4) is 0 Å². The van der Waals surface area contributed by atoms with E-state index < -0.39 is 48.4 Å². The van der Waals surface area contributed by atoms with Gasteiger partial charge in [0.15, 0.2) is 0 Å². The quantitative estimate of drug-likeness (QED) is 0.174. The minimum atomic E-state index is -4.54. The molecule has 15 heteroatoms. The highest BCUT2D eigenvalue weighted by Gasteiger charge is 2.42. The number of carbonyl (C=O) groups excluding carboxylic acids is 3. The Bertz CT molecular complexity index is 1290. The normalized spacial score (nSPS) is 15.4. The molecular weight excluding hydrogens is 568 g/mol. The molecule has 3 amide bonds. The lowest BCUT2D eigenvalue weighted by Crippen LogP contribution is -2.51. The average molecular weight is 606 g/mol. The largest absolute Gasteiger partial charge is 0.494 e. The van der Waals surface area contributed by atoms with Crippen molar-refractivity contribution in [2.45, 2.75) is 57.0 Å². The van der Waals surface area contributed by atoms with Crippen molar-refractivity contribution in [1.29, 1.82) is 0 Å². The van der Waals surface area contributed by atoms with Gasteiger partial charge in [0, 0.05) is 50.2 Å². The fourth-order valence-electron chi connectivity index (χ4n) is 4.88. The lowest BCUT2D eigenvalue weighted by atomic mass is 9.77. The second-order valence-corrected chi connectivity index (χ2v) is 10.8. The van der Waals surface area contributed by atoms with E-state index in [9.17, 15) is 32.6 Å². The topological polar surface area (TPSA) is 186 Å². The van der Waals surface area contributed by atoms with Crippen LogP contribution in [0.15, 0.2) is 42.5 Å². The van der Waals surface area contributed by atoms with Gasteiger partial charge in [-0.1, -0.05) is 24.3 Å². The summed E-state index contributed by atoms with van der Waals surface area (Å²) in [4.78, 5) is 40.6. The van der Waals surface area contributed by atoms with Crippen molar-refractivity contribution in [3.05, 3.63) is 59.2 Å². The number of nitrogens with zero attached hydrogens (tertiary/aromatic N) is 1. The van der Waals surface area contributed by atoms with Crippen LogP contribution < -0.4 is 33.3 Å². The molecule has 43 heavy (non-hydrogen) atoms. The van der Waals surface area contributed by atoms with Crippen LogP contribution in [-0.4, -0.2) is 73.0 Å². The highest BCUT2D eigenvalue weighted by Crippen LogP contribution is 2.32. The minimum absolute atomic E-state index is 0.0320. The van der Waals surface area contributed by atoms with Crippen molar-refractivity contribution in [2.75, 3.05) is 31.5 Å². The zero-order valence-corrected chi connectivity index (χ0v) is 24.1. The number of amides is 3. The third-order valence-corrected chi connectivity index (χ3v) is 7.18. The van der Waals surface area contributed by atoms with Gasteiger partial charge in [-0.3, -0.25) is 14.4 Å². The molecule has 0 saturated carbocycles. The second-order valence-electron chi connectivity index (χ2n) is 10.8. The molecule has 11 nitrogen and oxygen atoms in total. The van der Waals surface area contributed by atoms with E-state index in [4.69, 9.17) is 21.9 Å². The van der Waals surface area contributed by atoms with Gasteiger partial charge in [0.2, 0.25) is 17.7 Å². The van der Waals surface area contributed by atoms with E-state index in [0.29, 0.717) is 29.7 Å². The predicted octanol–water partition coefficient (Wildman–Crippen LogP) is 0.178. The molecule has 1 aliphatic rings. The van der Waals surface area contributed by atoms with Crippen LogP contribution >= 0.6 is 0 Å². The number of nitrogens with one attached hydrogen (secondary N) is 2. The first-order valence-corrected chi connectivity index (χ1v) is 13.9. The first kappa shape index (κ1) is 34.0.